The Morgan fingerprint density at radius 3 is 1.14 bits per heavy atom. The molecule has 0 radical (unpaired) electrons. The number of allylic oxidation sites excluding steroid dienone is 1. The van der Waals surface area contributed by atoms with Crippen molar-refractivity contribution in [1.29, 1.82) is 0 Å². The summed E-state index contributed by atoms with van der Waals surface area (Å²) in [6.45, 7) is 21.9. The van der Waals surface area contributed by atoms with Gasteiger partial charge in [-0.05, 0) is 87.4 Å². The average molecular weight is 1620 g/mol. The van der Waals surface area contributed by atoms with Gasteiger partial charge in [0.15, 0.2) is 0 Å². The molecule has 2 amide bonds. The summed E-state index contributed by atoms with van der Waals surface area (Å²) in [5.74, 6) is -0.618. The van der Waals surface area contributed by atoms with E-state index in [1.807, 2.05) is 91.0 Å². The third-order valence-electron chi connectivity index (χ3n) is 15.6. The van der Waals surface area contributed by atoms with E-state index in [0.717, 1.165) is 70.4 Å². The Morgan fingerprint density at radius 2 is 0.784 bits per heavy atom. The number of benzene rings is 6. The Morgan fingerprint density at radius 1 is 0.468 bits per heavy atom. The van der Waals surface area contributed by atoms with Gasteiger partial charge in [0.2, 0.25) is 0 Å². The first kappa shape index (κ1) is 94.3. The lowest BCUT2D eigenvalue weighted by molar-refractivity contribution is -0.145. The molecule has 4 unspecified atom stereocenters. The molecule has 31 nitrogen and oxygen atoms in total. The van der Waals surface area contributed by atoms with Crippen LogP contribution in [0.25, 0.3) is 0 Å². The molecule has 35 heteroatoms. The van der Waals surface area contributed by atoms with Crippen LogP contribution >= 0.6 is 30.2 Å². The molecule has 6 aromatic carbocycles. The summed E-state index contributed by atoms with van der Waals surface area (Å²) in [5, 5.41) is 22.1. The van der Waals surface area contributed by atoms with Crippen molar-refractivity contribution in [2.45, 2.75) is 66.0 Å². The number of nitrogens with one attached hydrogen (secondary N) is 5. The van der Waals surface area contributed by atoms with E-state index in [4.69, 9.17) is 51.7 Å². The van der Waals surface area contributed by atoms with Gasteiger partial charge in [-0.2, -0.15) is 0 Å². The number of carboxylic acid groups (broad SMARTS) is 1. The van der Waals surface area contributed by atoms with Gasteiger partial charge in [-0.15, -0.1) is 6.58 Å². The normalized spacial score (nSPS) is 16.2. The number of amides is 2. The fourth-order valence-corrected chi connectivity index (χ4v) is 16.4. The van der Waals surface area contributed by atoms with Crippen molar-refractivity contribution in [2.75, 3.05) is 137 Å². The third-order valence-corrected chi connectivity index (χ3v) is 22.9. The molecule has 0 aromatic heterocycles. The topological polar surface area (TPSA) is 384 Å². The van der Waals surface area contributed by atoms with Gasteiger partial charge >= 0.3 is 60.2 Å². The number of aliphatic carboxylic acids is 1. The zero-order valence-electron chi connectivity index (χ0n) is 63.9. The molecule has 3 saturated heterocycles. The summed E-state index contributed by atoms with van der Waals surface area (Å²) >= 11 is 0. The van der Waals surface area contributed by atoms with E-state index in [9.17, 15) is 51.9 Å². The highest BCUT2D eigenvalue weighted by molar-refractivity contribution is 7.58. The molecule has 0 bridgehead atoms. The Bertz CT molecular complexity index is 3890. The molecule has 0 spiro atoms. The molecule has 0 saturated carbocycles. The van der Waals surface area contributed by atoms with E-state index in [-0.39, 0.29) is 43.9 Å². The summed E-state index contributed by atoms with van der Waals surface area (Å²) in [6, 6.07) is 51.8. The number of hydrogen-bond donors (Lipinski definition) is 7. The van der Waals surface area contributed by atoms with Gasteiger partial charge in [-0.25, -0.2) is 29.4 Å². The fraction of sp³-hybridized carbons (Fsp3) is 0.408. The van der Waals surface area contributed by atoms with E-state index < -0.39 is 72.2 Å². The standard InChI is InChI=1S/C24H32N3O6P.C16H26N3O4P.C13H18NO5P.C12H16N2O2.C9H11O3P.C2H4O2/c1-20(23(28)31-2)25-34(30,33-22-11-7-4-8-12-22)18-17-26-13-15-27(16-14-26)24(29)32-19-21-9-5-3-6-10-21;1-14(16(20)22-2)18-24(21,23-15-6-4-3-5-7-15)13-12-19-10-8-17-9-11-19;1-3-18-13(16)11(2)14-20(17,10-9-15)19-12-7-5-4-6-8-12;15-12(14-8-6-13-7-9-14)16-10-11-4-2-1-3-5-11;1-2-8-13(10,11)12-9-6-4-3-5-7-9;1-2(3)4/h3-12,20H,13-19H2,1-2H3,(H,25,30);3-7,14,17H,8-13H2,1-2H3,(H,18,21);4-9,11H,3,10H2,1-2H3,(H,14,17);1-5,13H,6-10H2;2-7H,1,8H2,(H,10,11);1H3,(H,3,4)/t20-,34?;14-,24?;11-,20?;;;/m000.../s1. The summed E-state index contributed by atoms with van der Waals surface area (Å²) in [4.78, 5) is 95.8. The number of carbonyl (C=O) groups is 7. The number of carboxylic acids is 1. The number of carbonyl (C=O) groups excluding carboxylic acids is 6. The summed E-state index contributed by atoms with van der Waals surface area (Å²) in [5.41, 5.74) is 1.96. The maximum atomic E-state index is 13.6. The number of nitrogens with zero attached hydrogens (tertiary/aromatic N) is 4. The van der Waals surface area contributed by atoms with Gasteiger partial charge in [0.05, 0.1) is 39.3 Å². The second-order valence-corrected chi connectivity index (χ2v) is 33.1. The number of hydrogen-bond acceptors (Lipinski definition) is 24. The molecule has 7 atom stereocenters. The highest BCUT2D eigenvalue weighted by Gasteiger charge is 2.34. The Hall–Kier alpha value is -9.05. The Balaban J connectivity index is 0.000000300. The van der Waals surface area contributed by atoms with Gasteiger partial charge < -0.3 is 81.9 Å². The third kappa shape index (κ3) is 40.1. The molecule has 3 fully saturated rings. The molecule has 3 aliphatic heterocycles. The lowest BCUT2D eigenvalue weighted by Crippen LogP contribution is -2.49. The van der Waals surface area contributed by atoms with E-state index in [1.54, 1.807) is 122 Å². The van der Waals surface area contributed by atoms with E-state index in [0.29, 0.717) is 81.3 Å². The molecule has 3 aliphatic rings. The number of methoxy groups -OCH3 is 2. The van der Waals surface area contributed by atoms with Crippen molar-refractivity contribution in [2.24, 2.45) is 0 Å². The maximum absolute atomic E-state index is 13.6. The first-order chi connectivity index (χ1) is 53.1. The van der Waals surface area contributed by atoms with Gasteiger partial charge in [0.1, 0.15) is 66.8 Å². The first-order valence-electron chi connectivity index (χ1n) is 35.9. The van der Waals surface area contributed by atoms with E-state index in [2.05, 4.69) is 42.3 Å². The van der Waals surface area contributed by atoms with Crippen LogP contribution in [0.1, 0.15) is 45.7 Å². The monoisotopic (exact) mass is 1620 g/mol. The lowest BCUT2D eigenvalue weighted by atomic mass is 10.2. The summed E-state index contributed by atoms with van der Waals surface area (Å²) in [7, 11) is -11.1. The predicted molar refractivity (Wildman–Crippen MR) is 423 cm³/mol. The van der Waals surface area contributed by atoms with Gasteiger partial charge in [-0.1, -0.05) is 140 Å². The smallest absolute Gasteiger partial charge is 0.410 e. The Kier molecular flexibility index (Phi) is 44.4. The molecule has 0 aliphatic carbocycles. The molecule has 9 rings (SSSR count). The van der Waals surface area contributed by atoms with Crippen molar-refractivity contribution in [3.05, 3.63) is 206 Å². The second kappa shape index (κ2) is 52.2. The van der Waals surface area contributed by atoms with Crippen LogP contribution in [0.2, 0.25) is 0 Å². The molecular formula is C76H107N9O22P4. The second-order valence-electron chi connectivity index (χ2n) is 24.7. The van der Waals surface area contributed by atoms with Crippen LogP contribution in [-0.2, 0) is 79.1 Å². The zero-order chi connectivity index (χ0) is 81.3. The predicted octanol–water partition coefficient (Wildman–Crippen LogP) is 10.4. The number of piperazine rings is 3. The maximum Gasteiger partial charge on any atom is 0.410 e. The van der Waals surface area contributed by atoms with E-state index >= 15 is 0 Å². The number of ether oxygens (including phenoxy) is 5. The van der Waals surface area contributed by atoms with Crippen molar-refractivity contribution < 1.29 is 104 Å². The van der Waals surface area contributed by atoms with Crippen LogP contribution in [0, 0.1) is 0 Å². The highest BCUT2D eigenvalue weighted by Crippen LogP contribution is 2.46. The van der Waals surface area contributed by atoms with Crippen molar-refractivity contribution >= 4 is 72.5 Å². The highest BCUT2D eigenvalue weighted by atomic mass is 31.2. The van der Waals surface area contributed by atoms with Gasteiger partial charge in [0.25, 0.3) is 5.97 Å². The number of para-hydroxylation sites is 4. The molecule has 3 heterocycles. The van der Waals surface area contributed by atoms with E-state index in [1.165, 1.54) is 27.2 Å². The van der Waals surface area contributed by atoms with Crippen LogP contribution in [-0.4, -0.2) is 227 Å². The molecule has 6 aromatic rings. The largest absolute Gasteiger partial charge is 0.481 e. The van der Waals surface area contributed by atoms with Crippen molar-refractivity contribution in [1.82, 2.24) is 45.5 Å². The molecule has 111 heavy (non-hydrogen) atoms. The summed E-state index contributed by atoms with van der Waals surface area (Å²) in [6.07, 6.45) is 1.46. The van der Waals surface area contributed by atoms with Crippen molar-refractivity contribution in [3.8, 4) is 23.0 Å². The lowest BCUT2D eigenvalue weighted by Gasteiger charge is -2.34. The van der Waals surface area contributed by atoms with Gasteiger partial charge in [-0.3, -0.25) is 37.8 Å². The van der Waals surface area contributed by atoms with Crippen LogP contribution in [0.5, 0.6) is 23.0 Å². The van der Waals surface area contributed by atoms with Crippen LogP contribution in [0.4, 0.5) is 9.59 Å². The van der Waals surface area contributed by atoms with Crippen LogP contribution in [0.15, 0.2) is 195 Å². The minimum atomic E-state index is -3.53. The molecule has 7 N–H and O–H groups in total. The number of rotatable bonds is 32. The average Bonchev–Trinajstić information content (AvgIpc) is 0.727. The summed E-state index contributed by atoms with van der Waals surface area (Å²) < 4.78 is 97.3. The van der Waals surface area contributed by atoms with Crippen molar-refractivity contribution in [3.63, 3.8) is 0 Å². The molecule has 608 valence electrons. The number of esters is 3. The van der Waals surface area contributed by atoms with Crippen LogP contribution in [0.3, 0.4) is 0 Å². The quantitative estimate of drug-likeness (QED) is 0.00678. The Labute approximate surface area is 650 Å². The SMILES string of the molecule is C=CCP(=O)(O)Oc1ccccc1.CC(=O)O.CCOC(=O)[C@H](C)NP(=O)(CC=O)Oc1ccccc1.COC(=O)[C@H](C)NP(=O)(CCN1CCN(C(=O)OCc2ccccc2)CC1)Oc1ccccc1.COC(=O)[C@H](C)NP(=O)(CCN1CCNCC1)Oc1ccccc1.O=C(OCc1ccccc1)N1CCNCC1. The number of aldehydes is 1. The minimum absolute atomic E-state index is 0.0398. The minimum Gasteiger partial charge on any atom is -0.481 e. The molecular weight excluding hydrogens is 1510 g/mol. The van der Waals surface area contributed by atoms with Gasteiger partial charge in [0, 0.05) is 98.6 Å². The zero-order valence-corrected chi connectivity index (χ0v) is 67.5. The van der Waals surface area contributed by atoms with Crippen LogP contribution < -0.4 is 44.0 Å². The fourth-order valence-electron chi connectivity index (χ4n) is 10.1. The first-order valence-corrected chi connectivity index (χ1v) is 43.1.